The van der Waals surface area contributed by atoms with Crippen molar-refractivity contribution in [1.29, 1.82) is 0 Å². The lowest BCUT2D eigenvalue weighted by Gasteiger charge is -1.98. The molecule has 1 nitrogen and oxygen atoms in total. The molecule has 1 aromatic heterocycles. The Morgan fingerprint density at radius 3 is 2.42 bits per heavy atom. The molecule has 0 spiro atoms. The van der Waals surface area contributed by atoms with Gasteiger partial charge in [0.1, 0.15) is 0 Å². The number of nitrogens with zero attached hydrogens (tertiary/aromatic N) is 1. The highest BCUT2D eigenvalue weighted by molar-refractivity contribution is 7.80. The Balaban J connectivity index is 3.04. The fourth-order valence-corrected chi connectivity index (χ4v) is 1.35. The van der Waals surface area contributed by atoms with Crippen LogP contribution in [-0.2, 0) is 0 Å². The molecule has 0 N–H and O–H groups in total. The van der Waals surface area contributed by atoms with Crippen LogP contribution in [0.3, 0.4) is 0 Å². The van der Waals surface area contributed by atoms with Gasteiger partial charge in [0, 0.05) is 23.7 Å². The summed E-state index contributed by atoms with van der Waals surface area (Å²) in [5, 5.41) is 1.11. The highest BCUT2D eigenvalue weighted by Gasteiger charge is 2.00. The third-order valence-electron chi connectivity index (χ3n) is 1.28. The molecule has 0 aliphatic heterocycles. The van der Waals surface area contributed by atoms with Crippen molar-refractivity contribution < 1.29 is 0 Å². The number of hydrogen-bond donors (Lipinski definition) is 1. The van der Waals surface area contributed by atoms with Gasteiger partial charge in [0.2, 0.25) is 0 Å². The van der Waals surface area contributed by atoms with Gasteiger partial charge in [-0.15, -0.1) is 0 Å². The third-order valence-corrected chi connectivity index (χ3v) is 2.09. The molecule has 0 saturated carbocycles. The molecule has 0 bridgehead atoms. The van der Waals surface area contributed by atoms with E-state index in [0.717, 1.165) is 5.56 Å². The van der Waals surface area contributed by atoms with E-state index < -0.39 is 0 Å². The van der Waals surface area contributed by atoms with E-state index in [-0.39, 0.29) is 0 Å². The Kier molecular flexibility index (Phi) is 3.92. The first-order chi connectivity index (χ1) is 5.75. The molecule has 0 aromatic carbocycles. The summed E-state index contributed by atoms with van der Waals surface area (Å²) >= 11 is 15.7. The molecule has 0 aliphatic carbocycles. The van der Waals surface area contributed by atoms with Crippen molar-refractivity contribution in [3.8, 4) is 0 Å². The summed E-state index contributed by atoms with van der Waals surface area (Å²) in [7, 11) is 0. The van der Waals surface area contributed by atoms with Crippen molar-refractivity contribution >= 4 is 41.9 Å². The first kappa shape index (κ1) is 9.90. The monoisotopic (exact) mass is 219 g/mol. The molecule has 0 amide bonds. The topological polar surface area (TPSA) is 12.9 Å². The van der Waals surface area contributed by atoms with E-state index >= 15 is 0 Å². The maximum atomic E-state index is 5.84. The minimum absolute atomic E-state index is 0.556. The van der Waals surface area contributed by atoms with Crippen molar-refractivity contribution in [3.05, 3.63) is 34.1 Å². The minimum atomic E-state index is 0.556. The van der Waals surface area contributed by atoms with Crippen molar-refractivity contribution in [3.63, 3.8) is 0 Å². The fraction of sp³-hybridized carbons (Fsp3) is 0.125. The van der Waals surface area contributed by atoms with Gasteiger partial charge >= 0.3 is 0 Å². The number of rotatable bonds is 2. The predicted molar refractivity (Wildman–Crippen MR) is 57.1 cm³/mol. The summed E-state index contributed by atoms with van der Waals surface area (Å²) in [6.07, 6.45) is 6.83. The van der Waals surface area contributed by atoms with Crippen LogP contribution in [-0.4, -0.2) is 10.7 Å². The quantitative estimate of drug-likeness (QED) is 0.754. The average molecular weight is 220 g/mol. The SMILES string of the molecule is SCC=Cc1c(Cl)cncc1Cl. The van der Waals surface area contributed by atoms with E-state index in [1.54, 1.807) is 12.4 Å². The van der Waals surface area contributed by atoms with E-state index in [9.17, 15) is 0 Å². The van der Waals surface area contributed by atoms with Gasteiger partial charge in [-0.25, -0.2) is 0 Å². The molecule has 0 fully saturated rings. The Bertz CT molecular complexity index is 279. The van der Waals surface area contributed by atoms with Gasteiger partial charge in [-0.2, -0.15) is 12.6 Å². The van der Waals surface area contributed by atoms with Crippen LogP contribution in [0.15, 0.2) is 18.5 Å². The summed E-state index contributed by atoms with van der Waals surface area (Å²) in [6, 6.07) is 0. The van der Waals surface area contributed by atoms with Gasteiger partial charge in [-0.1, -0.05) is 35.4 Å². The minimum Gasteiger partial charge on any atom is -0.262 e. The molecule has 0 aliphatic rings. The molecule has 12 heavy (non-hydrogen) atoms. The Labute approximate surface area is 86.8 Å². The fourth-order valence-electron chi connectivity index (χ4n) is 0.751. The second kappa shape index (κ2) is 4.75. The van der Waals surface area contributed by atoms with Crippen LogP contribution < -0.4 is 0 Å². The predicted octanol–water partition coefficient (Wildman–Crippen LogP) is 3.33. The van der Waals surface area contributed by atoms with Gasteiger partial charge in [-0.3, -0.25) is 4.98 Å². The molecule has 4 heteroatoms. The number of hydrogen-bond acceptors (Lipinski definition) is 2. The Morgan fingerprint density at radius 1 is 1.33 bits per heavy atom. The van der Waals surface area contributed by atoms with Gasteiger partial charge in [-0.05, 0) is 0 Å². The number of halogens is 2. The van der Waals surface area contributed by atoms with Gasteiger partial charge in [0.15, 0.2) is 0 Å². The first-order valence-electron chi connectivity index (χ1n) is 3.32. The largest absolute Gasteiger partial charge is 0.262 e. The molecule has 1 heterocycles. The molecule has 0 saturated heterocycles. The van der Waals surface area contributed by atoms with Crippen LogP contribution in [0.1, 0.15) is 5.56 Å². The zero-order valence-corrected chi connectivity index (χ0v) is 8.57. The van der Waals surface area contributed by atoms with E-state index in [0.29, 0.717) is 15.8 Å². The van der Waals surface area contributed by atoms with E-state index in [4.69, 9.17) is 23.2 Å². The Morgan fingerprint density at radius 2 is 1.92 bits per heavy atom. The van der Waals surface area contributed by atoms with Crippen LogP contribution in [0.25, 0.3) is 6.08 Å². The lowest BCUT2D eigenvalue weighted by Crippen LogP contribution is -1.80. The third kappa shape index (κ3) is 2.41. The maximum absolute atomic E-state index is 5.84. The first-order valence-corrected chi connectivity index (χ1v) is 4.71. The van der Waals surface area contributed by atoms with Crippen molar-refractivity contribution in [1.82, 2.24) is 4.98 Å². The van der Waals surface area contributed by atoms with E-state index in [1.807, 2.05) is 12.2 Å². The number of pyridine rings is 1. The van der Waals surface area contributed by atoms with Crippen LogP contribution in [0.4, 0.5) is 0 Å². The molecular weight excluding hydrogens is 213 g/mol. The zero-order valence-electron chi connectivity index (χ0n) is 6.17. The lowest BCUT2D eigenvalue weighted by atomic mass is 10.2. The van der Waals surface area contributed by atoms with Crippen molar-refractivity contribution in [2.24, 2.45) is 0 Å². The van der Waals surface area contributed by atoms with Crippen LogP contribution >= 0.6 is 35.8 Å². The average Bonchev–Trinajstić information content (AvgIpc) is 2.04. The van der Waals surface area contributed by atoms with Crippen LogP contribution in [0.2, 0.25) is 10.0 Å². The summed E-state index contributed by atoms with van der Waals surface area (Å²) in [4.78, 5) is 3.84. The van der Waals surface area contributed by atoms with E-state index in [2.05, 4.69) is 17.6 Å². The molecule has 0 atom stereocenters. The molecule has 1 aromatic rings. The summed E-state index contributed by atoms with van der Waals surface area (Å²) in [6.45, 7) is 0. The second-order valence-electron chi connectivity index (χ2n) is 2.10. The molecule has 0 radical (unpaired) electrons. The highest BCUT2D eigenvalue weighted by atomic mass is 35.5. The standard InChI is InChI=1S/C8H7Cl2NS/c9-7-4-11-5-8(10)6(7)2-1-3-12/h1-2,4-5,12H,3H2. The zero-order chi connectivity index (χ0) is 8.97. The van der Waals surface area contributed by atoms with Crippen molar-refractivity contribution in [2.45, 2.75) is 0 Å². The van der Waals surface area contributed by atoms with Crippen LogP contribution in [0.5, 0.6) is 0 Å². The van der Waals surface area contributed by atoms with Crippen molar-refractivity contribution in [2.75, 3.05) is 5.75 Å². The Hall–Kier alpha value is -0.180. The molecule has 0 unspecified atom stereocenters. The number of aromatic nitrogens is 1. The van der Waals surface area contributed by atoms with Crippen LogP contribution in [0, 0.1) is 0 Å². The van der Waals surface area contributed by atoms with Gasteiger partial charge in [0.25, 0.3) is 0 Å². The molecule has 64 valence electrons. The molecule has 1 rings (SSSR count). The summed E-state index contributed by atoms with van der Waals surface area (Å²) in [5.41, 5.74) is 0.794. The normalized spacial score (nSPS) is 10.9. The van der Waals surface area contributed by atoms with Gasteiger partial charge in [0.05, 0.1) is 10.0 Å². The van der Waals surface area contributed by atoms with Gasteiger partial charge < -0.3 is 0 Å². The second-order valence-corrected chi connectivity index (χ2v) is 3.28. The van der Waals surface area contributed by atoms with E-state index in [1.165, 1.54) is 0 Å². The highest BCUT2D eigenvalue weighted by Crippen LogP contribution is 2.23. The summed E-state index contributed by atoms with van der Waals surface area (Å²) < 4.78 is 0. The smallest absolute Gasteiger partial charge is 0.0676 e. The maximum Gasteiger partial charge on any atom is 0.0676 e. The lowest BCUT2D eigenvalue weighted by molar-refractivity contribution is 1.32. The molecular formula is C8H7Cl2NS. The number of thiol groups is 1. The summed E-state index contributed by atoms with van der Waals surface area (Å²) in [5.74, 6) is 0.662.